The van der Waals surface area contributed by atoms with Crippen molar-refractivity contribution >= 4 is 17.6 Å². The molecule has 2 rings (SSSR count). The number of amides is 2. The first-order chi connectivity index (χ1) is 16.3. The number of ether oxygens (including phenoxy) is 1. The average molecular weight is 477 g/mol. The predicted molar refractivity (Wildman–Crippen MR) is 135 cm³/mol. The Bertz CT molecular complexity index is 773. The number of nitrogens with zero attached hydrogens (tertiary/aromatic N) is 1. The number of nitrogens with one attached hydrogen (secondary N) is 3. The van der Waals surface area contributed by atoms with Crippen molar-refractivity contribution in [3.05, 3.63) is 17.7 Å². The lowest BCUT2D eigenvalue weighted by Gasteiger charge is -2.28. The van der Waals surface area contributed by atoms with Gasteiger partial charge in [0.05, 0.1) is 19.3 Å². The van der Waals surface area contributed by atoms with Crippen molar-refractivity contribution in [1.82, 2.24) is 15.6 Å². The van der Waals surface area contributed by atoms with E-state index >= 15 is 0 Å². The van der Waals surface area contributed by atoms with E-state index in [1.54, 1.807) is 12.1 Å². The normalized spacial score (nSPS) is 21.7. The molecule has 8 heteroatoms. The lowest BCUT2D eigenvalue weighted by atomic mass is 9.89. The van der Waals surface area contributed by atoms with Crippen LogP contribution in [0.4, 0.5) is 5.82 Å². The second kappa shape index (κ2) is 14.8. The van der Waals surface area contributed by atoms with E-state index in [4.69, 9.17) is 4.74 Å². The van der Waals surface area contributed by atoms with Crippen LogP contribution in [0.25, 0.3) is 0 Å². The number of pyridine rings is 1. The molecule has 1 aliphatic rings. The van der Waals surface area contributed by atoms with Gasteiger partial charge in [0, 0.05) is 30.6 Å². The van der Waals surface area contributed by atoms with Gasteiger partial charge in [-0.05, 0) is 37.7 Å². The van der Waals surface area contributed by atoms with Crippen molar-refractivity contribution in [2.75, 3.05) is 25.5 Å². The molecular weight excluding hydrogens is 432 g/mol. The number of carbonyl (C=O) groups excluding carboxylic acids is 2. The van der Waals surface area contributed by atoms with Crippen LogP contribution < -0.4 is 20.7 Å². The maximum atomic E-state index is 13.2. The highest BCUT2D eigenvalue weighted by molar-refractivity contribution is 5.95. The molecule has 1 aliphatic heterocycles. The topological polar surface area (TPSA) is 113 Å². The number of rotatable bonds is 8. The largest absolute Gasteiger partial charge is 0.481 e. The molecule has 8 nitrogen and oxygen atoms in total. The van der Waals surface area contributed by atoms with Gasteiger partial charge in [-0.2, -0.15) is 4.98 Å². The van der Waals surface area contributed by atoms with Crippen LogP contribution in [0, 0.1) is 11.8 Å². The monoisotopic (exact) mass is 476 g/mol. The fourth-order valence-electron chi connectivity index (χ4n) is 4.33. The number of methoxy groups -OCH3 is 1. The van der Waals surface area contributed by atoms with E-state index in [1.807, 2.05) is 6.92 Å². The Labute approximate surface area is 204 Å². The Morgan fingerprint density at radius 2 is 2.06 bits per heavy atom. The van der Waals surface area contributed by atoms with E-state index in [2.05, 4.69) is 34.8 Å². The Morgan fingerprint density at radius 3 is 2.79 bits per heavy atom. The molecule has 34 heavy (non-hydrogen) atoms. The Hall–Kier alpha value is -2.35. The van der Waals surface area contributed by atoms with Crippen molar-refractivity contribution in [3.63, 3.8) is 0 Å². The van der Waals surface area contributed by atoms with Crippen LogP contribution in [0.3, 0.4) is 0 Å². The van der Waals surface area contributed by atoms with E-state index < -0.39 is 12.1 Å². The summed E-state index contributed by atoms with van der Waals surface area (Å²) in [6, 6.07) is 2.87. The number of aliphatic hydroxyl groups excluding tert-OH is 1. The van der Waals surface area contributed by atoms with Crippen molar-refractivity contribution in [1.29, 1.82) is 0 Å². The molecule has 0 radical (unpaired) electrons. The first kappa shape index (κ1) is 27.9. The zero-order valence-electron chi connectivity index (χ0n) is 21.4. The molecule has 2 bridgehead atoms. The number of fused-ring (bicyclic) bond motifs is 2. The summed E-state index contributed by atoms with van der Waals surface area (Å²) in [6.45, 7) is 7.51. The summed E-state index contributed by atoms with van der Waals surface area (Å²) < 4.78 is 5.29. The van der Waals surface area contributed by atoms with Crippen molar-refractivity contribution in [3.8, 4) is 5.88 Å². The molecule has 2 amide bonds. The summed E-state index contributed by atoms with van der Waals surface area (Å²) in [5, 5.41) is 20.3. The summed E-state index contributed by atoms with van der Waals surface area (Å²) in [4.78, 5) is 30.0. The molecule has 1 aromatic rings. The number of anilines is 1. The molecule has 0 saturated heterocycles. The van der Waals surface area contributed by atoms with Crippen LogP contribution in [0.15, 0.2) is 12.1 Å². The second-order valence-electron chi connectivity index (χ2n) is 9.68. The number of hydrogen-bond acceptors (Lipinski definition) is 6. The molecule has 0 saturated carbocycles. The SMILES string of the molecule is CCCCNC(=O)C(C)CC(O)C1C[C@H](C)CCCCCCNc2cc(cc(OC)n2)C(=O)N1. The third-order valence-electron chi connectivity index (χ3n) is 6.51. The zero-order chi connectivity index (χ0) is 24.9. The van der Waals surface area contributed by atoms with E-state index in [9.17, 15) is 14.7 Å². The van der Waals surface area contributed by atoms with E-state index in [1.165, 1.54) is 7.11 Å². The van der Waals surface area contributed by atoms with Crippen LogP contribution in [0.5, 0.6) is 5.88 Å². The van der Waals surface area contributed by atoms with Gasteiger partial charge in [-0.3, -0.25) is 9.59 Å². The summed E-state index contributed by atoms with van der Waals surface area (Å²) in [6.07, 6.45) is 7.55. The minimum Gasteiger partial charge on any atom is -0.481 e. The van der Waals surface area contributed by atoms with Gasteiger partial charge in [0.25, 0.3) is 5.91 Å². The molecule has 4 N–H and O–H groups in total. The quantitative estimate of drug-likeness (QED) is 0.424. The third kappa shape index (κ3) is 9.49. The first-order valence-electron chi connectivity index (χ1n) is 12.9. The summed E-state index contributed by atoms with van der Waals surface area (Å²) in [7, 11) is 1.53. The molecule has 4 atom stereocenters. The first-order valence-corrected chi connectivity index (χ1v) is 12.9. The minimum atomic E-state index is -0.824. The lowest BCUT2D eigenvalue weighted by molar-refractivity contribution is -0.125. The maximum absolute atomic E-state index is 13.2. The fourth-order valence-corrected chi connectivity index (χ4v) is 4.33. The summed E-state index contributed by atoms with van der Waals surface area (Å²) in [5.74, 6) is 0.630. The fraction of sp³-hybridized carbons (Fsp3) is 0.731. The highest BCUT2D eigenvalue weighted by Gasteiger charge is 2.28. The highest BCUT2D eigenvalue weighted by atomic mass is 16.5. The Morgan fingerprint density at radius 1 is 1.29 bits per heavy atom. The van der Waals surface area contributed by atoms with E-state index in [0.29, 0.717) is 42.6 Å². The molecule has 0 aliphatic carbocycles. The minimum absolute atomic E-state index is 0.0568. The van der Waals surface area contributed by atoms with Gasteiger partial charge in [-0.25, -0.2) is 0 Å². The number of aromatic nitrogens is 1. The lowest BCUT2D eigenvalue weighted by Crippen LogP contribution is -2.46. The maximum Gasteiger partial charge on any atom is 0.251 e. The van der Waals surface area contributed by atoms with Gasteiger partial charge in [-0.15, -0.1) is 0 Å². The van der Waals surface area contributed by atoms with Gasteiger partial charge in [0.1, 0.15) is 5.82 Å². The average Bonchev–Trinajstić information content (AvgIpc) is 2.82. The molecule has 192 valence electrons. The van der Waals surface area contributed by atoms with E-state index in [0.717, 1.165) is 51.5 Å². The Kier molecular flexibility index (Phi) is 12.2. The van der Waals surface area contributed by atoms with Crippen molar-refractivity contribution < 1.29 is 19.4 Å². The molecule has 0 spiro atoms. The molecule has 2 heterocycles. The van der Waals surface area contributed by atoms with Crippen molar-refractivity contribution in [2.24, 2.45) is 11.8 Å². The standard InChI is InChI=1S/C26H44N4O4/c1-5-6-12-28-25(32)19(3)15-22(31)21-14-18(2)11-9-7-8-10-13-27-23-16-20(26(33)29-21)17-24(30-23)34-4/h16-19,21-22,31H,5-15H2,1-4H3,(H,27,30)(H,28,32)(H,29,33)/t18-,19?,21?,22?/m1/s1. The highest BCUT2D eigenvalue weighted by Crippen LogP contribution is 2.22. The molecule has 1 aromatic heterocycles. The molecule has 3 unspecified atom stereocenters. The van der Waals surface area contributed by atoms with Crippen LogP contribution in [0.2, 0.25) is 0 Å². The summed E-state index contributed by atoms with van der Waals surface area (Å²) >= 11 is 0. The molecule has 0 fully saturated rings. The molecular formula is C26H44N4O4. The van der Waals surface area contributed by atoms with Crippen LogP contribution >= 0.6 is 0 Å². The van der Waals surface area contributed by atoms with Gasteiger partial charge >= 0.3 is 0 Å². The van der Waals surface area contributed by atoms with Gasteiger partial charge in [-0.1, -0.05) is 52.9 Å². The number of hydrogen-bond donors (Lipinski definition) is 4. The van der Waals surface area contributed by atoms with Crippen LogP contribution in [-0.2, 0) is 4.79 Å². The number of unbranched alkanes of at least 4 members (excludes halogenated alkanes) is 1. The molecule has 0 aromatic carbocycles. The van der Waals surface area contributed by atoms with Crippen molar-refractivity contribution in [2.45, 2.75) is 90.7 Å². The number of carbonyl (C=O) groups is 2. The van der Waals surface area contributed by atoms with Crippen LogP contribution in [-0.4, -0.2) is 54.2 Å². The van der Waals surface area contributed by atoms with Crippen LogP contribution in [0.1, 0.15) is 88.9 Å². The third-order valence-corrected chi connectivity index (χ3v) is 6.51. The zero-order valence-corrected chi connectivity index (χ0v) is 21.4. The predicted octanol–water partition coefficient (Wildman–Crippen LogP) is 3.89. The smallest absolute Gasteiger partial charge is 0.251 e. The van der Waals surface area contributed by atoms with Gasteiger partial charge < -0.3 is 25.8 Å². The van der Waals surface area contributed by atoms with Gasteiger partial charge in [0.2, 0.25) is 11.8 Å². The summed E-state index contributed by atoms with van der Waals surface area (Å²) in [5.41, 5.74) is 0.430. The van der Waals surface area contributed by atoms with Gasteiger partial charge in [0.15, 0.2) is 0 Å². The second-order valence-corrected chi connectivity index (χ2v) is 9.68. The number of aliphatic hydroxyl groups is 1. The van der Waals surface area contributed by atoms with E-state index in [-0.39, 0.29) is 17.7 Å². The Balaban J connectivity index is 2.17.